The zero-order chi connectivity index (χ0) is 13.5. The highest BCUT2D eigenvalue weighted by molar-refractivity contribution is 7.91. The van der Waals surface area contributed by atoms with Crippen LogP contribution in [0.2, 0.25) is 5.28 Å². The maximum atomic E-state index is 11.6. The summed E-state index contributed by atoms with van der Waals surface area (Å²) in [6.07, 6.45) is 0.555. The molecule has 100 valence electrons. The number of hydrogen-bond donors (Lipinski definition) is 0. The molecule has 0 amide bonds. The minimum absolute atomic E-state index is 0.102. The van der Waals surface area contributed by atoms with Crippen LogP contribution in [0.4, 0.5) is 0 Å². The number of aromatic nitrogens is 3. The number of nitrogens with zero attached hydrogens (tertiary/aromatic N) is 3. The van der Waals surface area contributed by atoms with Crippen molar-refractivity contribution in [1.82, 2.24) is 14.8 Å². The first kappa shape index (κ1) is 12.6. The Labute approximate surface area is 116 Å². The first-order chi connectivity index (χ1) is 9.07. The average molecular weight is 298 g/mol. The molecule has 1 aliphatic heterocycles. The van der Waals surface area contributed by atoms with Crippen LogP contribution in [0, 0.1) is 0 Å². The molecule has 2 heterocycles. The van der Waals surface area contributed by atoms with Crippen LogP contribution in [0.5, 0.6) is 0 Å². The summed E-state index contributed by atoms with van der Waals surface area (Å²) < 4.78 is 24.9. The fourth-order valence-electron chi connectivity index (χ4n) is 2.36. The van der Waals surface area contributed by atoms with Crippen molar-refractivity contribution in [2.45, 2.75) is 12.5 Å². The first-order valence-corrected chi connectivity index (χ1v) is 8.13. The van der Waals surface area contributed by atoms with E-state index in [1.165, 1.54) is 0 Å². The smallest absolute Gasteiger partial charge is 0.225 e. The topological polar surface area (TPSA) is 64.8 Å². The highest BCUT2D eigenvalue weighted by atomic mass is 35.5. The Balaban J connectivity index is 2.05. The van der Waals surface area contributed by atoms with Crippen LogP contribution < -0.4 is 0 Å². The van der Waals surface area contributed by atoms with Gasteiger partial charge in [0.2, 0.25) is 5.28 Å². The maximum Gasteiger partial charge on any atom is 0.225 e. The number of rotatable bonds is 2. The summed E-state index contributed by atoms with van der Waals surface area (Å²) in [7, 11) is -2.97. The first-order valence-electron chi connectivity index (χ1n) is 5.93. The van der Waals surface area contributed by atoms with Gasteiger partial charge in [-0.3, -0.25) is 4.57 Å². The van der Waals surface area contributed by atoms with Gasteiger partial charge in [-0.1, -0.05) is 30.3 Å². The molecule has 7 heteroatoms. The van der Waals surface area contributed by atoms with Crippen molar-refractivity contribution in [2.75, 3.05) is 11.5 Å². The van der Waals surface area contributed by atoms with Gasteiger partial charge >= 0.3 is 0 Å². The molecule has 0 spiro atoms. The molecule has 0 saturated carbocycles. The molecule has 3 rings (SSSR count). The van der Waals surface area contributed by atoms with Crippen molar-refractivity contribution in [2.24, 2.45) is 0 Å². The summed E-state index contributed by atoms with van der Waals surface area (Å²) in [6.45, 7) is 0. The lowest BCUT2D eigenvalue weighted by molar-refractivity contribution is 0.559. The van der Waals surface area contributed by atoms with Crippen molar-refractivity contribution >= 4 is 21.4 Å². The molecule has 1 unspecified atom stereocenters. The van der Waals surface area contributed by atoms with Crippen LogP contribution in [0.15, 0.2) is 30.3 Å². The van der Waals surface area contributed by atoms with Gasteiger partial charge in [0, 0.05) is 5.56 Å². The van der Waals surface area contributed by atoms with E-state index in [4.69, 9.17) is 11.6 Å². The second kappa shape index (κ2) is 4.61. The molecule has 0 bridgehead atoms. The van der Waals surface area contributed by atoms with E-state index in [1.54, 1.807) is 4.57 Å². The Morgan fingerprint density at radius 1 is 1.21 bits per heavy atom. The Hall–Kier alpha value is -1.40. The van der Waals surface area contributed by atoms with Gasteiger partial charge in [-0.25, -0.2) is 8.42 Å². The van der Waals surface area contributed by atoms with Gasteiger partial charge in [-0.15, -0.1) is 10.2 Å². The van der Waals surface area contributed by atoms with Crippen LogP contribution >= 0.6 is 11.6 Å². The molecule has 1 atom stereocenters. The molecule has 1 aromatic carbocycles. The highest BCUT2D eigenvalue weighted by Crippen LogP contribution is 2.31. The summed E-state index contributed by atoms with van der Waals surface area (Å²) in [5.74, 6) is 0.915. The van der Waals surface area contributed by atoms with Crippen molar-refractivity contribution in [3.63, 3.8) is 0 Å². The molecule has 0 N–H and O–H groups in total. The molecule has 1 fully saturated rings. The van der Waals surface area contributed by atoms with Crippen molar-refractivity contribution < 1.29 is 8.42 Å². The normalized spacial score (nSPS) is 21.6. The average Bonchev–Trinajstić information content (AvgIpc) is 2.93. The van der Waals surface area contributed by atoms with E-state index in [0.29, 0.717) is 12.2 Å². The molecule has 5 nitrogen and oxygen atoms in total. The van der Waals surface area contributed by atoms with Gasteiger partial charge in [0.25, 0.3) is 0 Å². The Kier molecular flexibility index (Phi) is 3.06. The summed E-state index contributed by atoms with van der Waals surface area (Å²) in [6, 6.07) is 9.33. The number of sulfone groups is 1. The third-order valence-electron chi connectivity index (χ3n) is 3.26. The molecular formula is C12H12ClN3O2S. The van der Waals surface area contributed by atoms with Gasteiger partial charge < -0.3 is 0 Å². The number of hydrogen-bond acceptors (Lipinski definition) is 4. The van der Waals surface area contributed by atoms with E-state index in [-0.39, 0.29) is 22.8 Å². The van der Waals surface area contributed by atoms with Crippen LogP contribution in [0.1, 0.15) is 12.5 Å². The predicted octanol–water partition coefficient (Wildman–Crippen LogP) is 1.96. The van der Waals surface area contributed by atoms with Crippen molar-refractivity contribution in [3.05, 3.63) is 35.6 Å². The monoisotopic (exact) mass is 297 g/mol. The fourth-order valence-corrected chi connectivity index (χ4v) is 4.31. The van der Waals surface area contributed by atoms with E-state index in [2.05, 4.69) is 10.2 Å². The molecular weight excluding hydrogens is 286 g/mol. The number of benzene rings is 1. The van der Waals surface area contributed by atoms with E-state index >= 15 is 0 Å². The SMILES string of the molecule is O=S1(=O)CCC(n2c(Cl)nnc2-c2ccccc2)C1. The maximum absolute atomic E-state index is 11.6. The third-order valence-corrected chi connectivity index (χ3v) is 5.27. The molecule has 1 aliphatic rings. The Morgan fingerprint density at radius 2 is 1.95 bits per heavy atom. The summed E-state index contributed by atoms with van der Waals surface area (Å²) >= 11 is 6.06. The number of halogens is 1. The zero-order valence-electron chi connectivity index (χ0n) is 10.0. The van der Waals surface area contributed by atoms with E-state index in [9.17, 15) is 8.42 Å². The minimum atomic E-state index is -2.97. The van der Waals surface area contributed by atoms with Crippen molar-refractivity contribution in [3.8, 4) is 11.4 Å². The van der Waals surface area contributed by atoms with E-state index < -0.39 is 9.84 Å². The van der Waals surface area contributed by atoms with Crippen molar-refractivity contribution in [1.29, 1.82) is 0 Å². The predicted molar refractivity (Wildman–Crippen MR) is 72.8 cm³/mol. The molecule has 1 saturated heterocycles. The van der Waals surface area contributed by atoms with Gasteiger partial charge in [0.1, 0.15) is 0 Å². The largest absolute Gasteiger partial charge is 0.294 e. The van der Waals surface area contributed by atoms with Gasteiger partial charge in [-0.2, -0.15) is 0 Å². The summed E-state index contributed by atoms with van der Waals surface area (Å²) in [5.41, 5.74) is 0.881. The lowest BCUT2D eigenvalue weighted by Gasteiger charge is -2.13. The zero-order valence-corrected chi connectivity index (χ0v) is 11.6. The Bertz CT molecular complexity index is 697. The third kappa shape index (κ3) is 2.37. The van der Waals surface area contributed by atoms with E-state index in [0.717, 1.165) is 5.56 Å². The van der Waals surface area contributed by atoms with Crippen LogP contribution in [0.3, 0.4) is 0 Å². The van der Waals surface area contributed by atoms with Gasteiger partial charge in [0.15, 0.2) is 15.7 Å². The molecule has 0 aliphatic carbocycles. The highest BCUT2D eigenvalue weighted by Gasteiger charge is 2.32. The summed E-state index contributed by atoms with van der Waals surface area (Å²) in [5, 5.41) is 8.17. The molecule has 0 radical (unpaired) electrons. The Morgan fingerprint density at radius 3 is 2.58 bits per heavy atom. The second-order valence-electron chi connectivity index (χ2n) is 4.59. The standard InChI is InChI=1S/C12H12ClN3O2S/c13-12-15-14-11(9-4-2-1-3-5-9)16(12)10-6-7-19(17,18)8-10/h1-5,10H,6-8H2. The van der Waals surface area contributed by atoms with Crippen LogP contribution in [-0.4, -0.2) is 34.7 Å². The lowest BCUT2D eigenvalue weighted by Crippen LogP contribution is -2.12. The summed E-state index contributed by atoms with van der Waals surface area (Å²) in [4.78, 5) is 0. The van der Waals surface area contributed by atoms with Gasteiger partial charge in [-0.05, 0) is 18.0 Å². The lowest BCUT2D eigenvalue weighted by atomic mass is 10.2. The fraction of sp³-hybridized carbons (Fsp3) is 0.333. The van der Waals surface area contributed by atoms with E-state index in [1.807, 2.05) is 30.3 Å². The molecule has 19 heavy (non-hydrogen) atoms. The van der Waals surface area contributed by atoms with Crippen LogP contribution in [-0.2, 0) is 9.84 Å². The molecule has 2 aromatic rings. The molecule has 1 aromatic heterocycles. The quantitative estimate of drug-likeness (QED) is 0.850. The van der Waals surface area contributed by atoms with Gasteiger partial charge in [0.05, 0.1) is 17.5 Å². The minimum Gasteiger partial charge on any atom is -0.294 e. The van der Waals surface area contributed by atoms with Crippen LogP contribution in [0.25, 0.3) is 11.4 Å². The second-order valence-corrected chi connectivity index (χ2v) is 7.15.